The summed E-state index contributed by atoms with van der Waals surface area (Å²) < 4.78 is 4.91. The van der Waals surface area contributed by atoms with Crippen LogP contribution >= 0.6 is 11.3 Å². The first-order chi connectivity index (χ1) is 12.1. The largest absolute Gasteiger partial charge is 0.364 e. The molecule has 0 spiro atoms. The number of hydrogen-bond donors (Lipinski definition) is 1. The summed E-state index contributed by atoms with van der Waals surface area (Å²) in [6.45, 7) is 10.2. The van der Waals surface area contributed by atoms with Gasteiger partial charge in [0.2, 0.25) is 0 Å². The van der Waals surface area contributed by atoms with E-state index in [0.29, 0.717) is 0 Å². The molecule has 1 N–H and O–H groups in total. The van der Waals surface area contributed by atoms with Crippen LogP contribution in [-0.4, -0.2) is 60.7 Å². The predicted molar refractivity (Wildman–Crippen MR) is 102 cm³/mol. The van der Waals surface area contributed by atoms with Gasteiger partial charge in [-0.2, -0.15) is 0 Å². The molecule has 0 radical (unpaired) electrons. The van der Waals surface area contributed by atoms with Crippen molar-refractivity contribution >= 4 is 17.3 Å². The zero-order valence-corrected chi connectivity index (χ0v) is 16.1. The second-order valence-corrected chi connectivity index (χ2v) is 7.96. The van der Waals surface area contributed by atoms with Crippen LogP contribution in [0.4, 0.5) is 0 Å². The molecule has 0 saturated carbocycles. The molecule has 25 heavy (non-hydrogen) atoms. The highest BCUT2D eigenvalue weighted by Gasteiger charge is 2.25. The van der Waals surface area contributed by atoms with Gasteiger partial charge in [0, 0.05) is 62.7 Å². The number of hydrogen-bond acceptors (Lipinski definition) is 5. The molecular weight excluding hydrogens is 334 g/mol. The smallest absolute Gasteiger partial charge is 0.193 e. The highest BCUT2D eigenvalue weighted by atomic mass is 32.1. The minimum atomic E-state index is 0.0961. The number of rotatable bonds is 5. The molecule has 136 valence electrons. The first-order valence-electron chi connectivity index (χ1n) is 8.70. The van der Waals surface area contributed by atoms with Crippen molar-refractivity contribution in [2.45, 2.75) is 25.8 Å². The maximum atomic E-state index is 4.91. The van der Waals surface area contributed by atoms with Gasteiger partial charge < -0.3 is 14.7 Å². The van der Waals surface area contributed by atoms with Gasteiger partial charge in [0.15, 0.2) is 5.96 Å². The topological polar surface area (TPSA) is 56.9 Å². The SMILES string of the molecule is CN=C(NCC(C)(C)c1cccs1)N1CCN(Cc2ccon2)CC1. The van der Waals surface area contributed by atoms with Crippen LogP contribution in [-0.2, 0) is 12.0 Å². The summed E-state index contributed by atoms with van der Waals surface area (Å²) in [6, 6.07) is 6.25. The lowest BCUT2D eigenvalue weighted by atomic mass is 9.91. The van der Waals surface area contributed by atoms with Crippen LogP contribution < -0.4 is 5.32 Å². The summed E-state index contributed by atoms with van der Waals surface area (Å²) >= 11 is 1.81. The van der Waals surface area contributed by atoms with Crippen molar-refractivity contribution in [3.63, 3.8) is 0 Å². The Morgan fingerprint density at radius 1 is 1.32 bits per heavy atom. The molecule has 2 aromatic heterocycles. The number of thiophene rings is 1. The second-order valence-electron chi connectivity index (χ2n) is 7.02. The van der Waals surface area contributed by atoms with E-state index >= 15 is 0 Å². The zero-order valence-electron chi connectivity index (χ0n) is 15.2. The number of aliphatic imine (C=N–C) groups is 1. The van der Waals surface area contributed by atoms with E-state index < -0.39 is 0 Å². The van der Waals surface area contributed by atoms with Gasteiger partial charge in [-0.25, -0.2) is 0 Å². The lowest BCUT2D eigenvalue weighted by molar-refractivity contribution is 0.168. The summed E-state index contributed by atoms with van der Waals surface area (Å²) in [6.07, 6.45) is 1.63. The maximum absolute atomic E-state index is 4.91. The first-order valence-corrected chi connectivity index (χ1v) is 9.57. The van der Waals surface area contributed by atoms with Crippen LogP contribution in [0.25, 0.3) is 0 Å². The van der Waals surface area contributed by atoms with Gasteiger partial charge in [-0.05, 0) is 11.4 Å². The summed E-state index contributed by atoms with van der Waals surface area (Å²) in [5.41, 5.74) is 1.09. The first kappa shape index (κ1) is 17.9. The number of guanidine groups is 1. The quantitative estimate of drug-likeness (QED) is 0.655. The molecule has 0 aromatic carbocycles. The number of piperazine rings is 1. The van der Waals surface area contributed by atoms with E-state index in [1.165, 1.54) is 4.88 Å². The third-order valence-corrected chi connectivity index (χ3v) is 5.87. The van der Waals surface area contributed by atoms with Gasteiger partial charge in [-0.1, -0.05) is 25.1 Å². The van der Waals surface area contributed by atoms with Crippen LogP contribution in [0.5, 0.6) is 0 Å². The Balaban J connectivity index is 1.49. The minimum Gasteiger partial charge on any atom is -0.364 e. The monoisotopic (exact) mass is 361 g/mol. The molecule has 0 unspecified atom stereocenters. The number of nitrogens with zero attached hydrogens (tertiary/aromatic N) is 4. The van der Waals surface area contributed by atoms with Crippen molar-refractivity contribution in [2.24, 2.45) is 4.99 Å². The number of aromatic nitrogens is 1. The molecule has 1 fully saturated rings. The van der Waals surface area contributed by atoms with Crippen LogP contribution in [0.1, 0.15) is 24.4 Å². The summed E-state index contributed by atoms with van der Waals surface area (Å²) in [5.74, 6) is 0.991. The lowest BCUT2D eigenvalue weighted by Crippen LogP contribution is -2.53. The van der Waals surface area contributed by atoms with Gasteiger partial charge in [-0.15, -0.1) is 11.3 Å². The third-order valence-electron chi connectivity index (χ3n) is 4.64. The molecule has 0 bridgehead atoms. The van der Waals surface area contributed by atoms with Crippen molar-refractivity contribution in [3.8, 4) is 0 Å². The molecule has 6 nitrogen and oxygen atoms in total. The Bertz CT molecular complexity index is 658. The molecule has 1 aliphatic rings. The normalized spacial score (nSPS) is 17.1. The lowest BCUT2D eigenvalue weighted by Gasteiger charge is -2.37. The Kier molecular flexibility index (Phi) is 5.75. The molecule has 3 rings (SSSR count). The molecule has 7 heteroatoms. The average molecular weight is 362 g/mol. The standard InChI is InChI=1S/C18H27N5OS/c1-18(2,16-5-4-12-25-16)14-20-17(19-3)23-9-7-22(8-10-23)13-15-6-11-24-21-15/h4-6,11-12H,7-10,13-14H2,1-3H3,(H,19,20). The Hall–Kier alpha value is -1.86. The van der Waals surface area contributed by atoms with Crippen LogP contribution in [0.2, 0.25) is 0 Å². The highest BCUT2D eigenvalue weighted by molar-refractivity contribution is 7.10. The van der Waals surface area contributed by atoms with Crippen molar-refractivity contribution in [3.05, 3.63) is 40.4 Å². The molecule has 1 saturated heterocycles. The van der Waals surface area contributed by atoms with E-state index in [1.54, 1.807) is 6.26 Å². The predicted octanol–water partition coefficient (Wildman–Crippen LogP) is 2.41. The van der Waals surface area contributed by atoms with E-state index in [-0.39, 0.29) is 5.41 Å². The van der Waals surface area contributed by atoms with Gasteiger partial charge in [-0.3, -0.25) is 9.89 Å². The highest BCUT2D eigenvalue weighted by Crippen LogP contribution is 2.26. The fourth-order valence-corrected chi connectivity index (χ4v) is 3.90. The van der Waals surface area contributed by atoms with Crippen molar-refractivity contribution in [1.82, 2.24) is 20.3 Å². The van der Waals surface area contributed by atoms with E-state index in [2.05, 4.69) is 56.6 Å². The van der Waals surface area contributed by atoms with Crippen molar-refractivity contribution in [2.75, 3.05) is 39.8 Å². The molecule has 0 amide bonds. The maximum Gasteiger partial charge on any atom is 0.193 e. The van der Waals surface area contributed by atoms with Gasteiger partial charge >= 0.3 is 0 Å². The van der Waals surface area contributed by atoms with E-state index in [9.17, 15) is 0 Å². The Morgan fingerprint density at radius 3 is 2.72 bits per heavy atom. The van der Waals surface area contributed by atoms with Gasteiger partial charge in [0.1, 0.15) is 6.26 Å². The minimum absolute atomic E-state index is 0.0961. The second kappa shape index (κ2) is 8.01. The number of nitrogens with one attached hydrogen (secondary N) is 1. The summed E-state index contributed by atoms with van der Waals surface area (Å²) in [4.78, 5) is 10.6. The zero-order chi connectivity index (χ0) is 17.7. The summed E-state index contributed by atoms with van der Waals surface area (Å²) in [5, 5.41) is 9.70. The van der Waals surface area contributed by atoms with Crippen LogP contribution in [0.3, 0.4) is 0 Å². The Labute approximate surface area is 153 Å². The third kappa shape index (κ3) is 4.61. The van der Waals surface area contributed by atoms with Gasteiger partial charge in [0.05, 0.1) is 5.69 Å². The Morgan fingerprint density at radius 2 is 2.12 bits per heavy atom. The van der Waals surface area contributed by atoms with Crippen LogP contribution in [0.15, 0.2) is 39.4 Å². The molecule has 0 atom stereocenters. The van der Waals surface area contributed by atoms with E-state index in [0.717, 1.165) is 50.9 Å². The van der Waals surface area contributed by atoms with Crippen molar-refractivity contribution < 1.29 is 4.52 Å². The molecule has 1 aliphatic heterocycles. The molecule has 2 aromatic rings. The molecule has 0 aliphatic carbocycles. The van der Waals surface area contributed by atoms with Gasteiger partial charge in [0.25, 0.3) is 0 Å². The molecule has 3 heterocycles. The van der Waals surface area contributed by atoms with Crippen LogP contribution in [0, 0.1) is 0 Å². The summed E-state index contributed by atoms with van der Waals surface area (Å²) in [7, 11) is 1.86. The van der Waals surface area contributed by atoms with Crippen molar-refractivity contribution in [1.29, 1.82) is 0 Å². The average Bonchev–Trinajstić information content (AvgIpc) is 3.30. The van der Waals surface area contributed by atoms with E-state index in [4.69, 9.17) is 4.52 Å². The fraction of sp³-hybridized carbons (Fsp3) is 0.556. The molecular formula is C18H27N5OS. The fourth-order valence-electron chi connectivity index (χ4n) is 3.05. The van der Waals surface area contributed by atoms with E-state index in [1.807, 2.05) is 24.5 Å².